The second-order valence-electron chi connectivity index (χ2n) is 6.62. The summed E-state index contributed by atoms with van der Waals surface area (Å²) in [5.74, 6) is -0.0895. The molecule has 0 bridgehead atoms. The van der Waals surface area contributed by atoms with Crippen molar-refractivity contribution in [3.8, 4) is 0 Å². The number of rotatable bonds is 10. The summed E-state index contributed by atoms with van der Waals surface area (Å²) < 4.78 is 0.730. The highest BCUT2D eigenvalue weighted by atomic mass is 32.2. The van der Waals surface area contributed by atoms with Gasteiger partial charge in [0.1, 0.15) is 0 Å². The number of carbonyl (C=O) groups excluding carboxylic acids is 1. The Morgan fingerprint density at radius 3 is 2.89 bits per heavy atom. The van der Waals surface area contributed by atoms with Crippen molar-refractivity contribution in [1.82, 2.24) is 19.8 Å². The first kappa shape index (κ1) is 20.8. The van der Waals surface area contributed by atoms with E-state index < -0.39 is 5.97 Å². The van der Waals surface area contributed by atoms with Gasteiger partial charge in [0.2, 0.25) is 5.91 Å². The van der Waals surface area contributed by atoms with Crippen LogP contribution in [0.4, 0.5) is 0 Å². The van der Waals surface area contributed by atoms with Crippen LogP contribution in [0.5, 0.6) is 0 Å². The highest BCUT2D eigenvalue weighted by molar-refractivity contribution is 8.01. The van der Waals surface area contributed by atoms with Crippen LogP contribution >= 0.6 is 23.1 Å². The molecular formula is C19H24N4O3S2. The number of likely N-dealkylation sites (tertiary alicyclic amines) is 1. The van der Waals surface area contributed by atoms with E-state index in [-0.39, 0.29) is 17.6 Å². The van der Waals surface area contributed by atoms with E-state index in [2.05, 4.69) is 21.8 Å². The highest BCUT2D eigenvalue weighted by Crippen LogP contribution is 2.25. The fraction of sp³-hybridized carbons (Fsp3) is 0.474. The average molecular weight is 421 g/mol. The monoisotopic (exact) mass is 420 g/mol. The summed E-state index contributed by atoms with van der Waals surface area (Å²) in [5, 5.41) is 10.5. The van der Waals surface area contributed by atoms with Crippen molar-refractivity contribution in [3.63, 3.8) is 0 Å². The minimum absolute atomic E-state index is 0.0809. The van der Waals surface area contributed by atoms with Crippen LogP contribution in [0.3, 0.4) is 0 Å². The van der Waals surface area contributed by atoms with Gasteiger partial charge in [-0.15, -0.1) is 11.3 Å². The van der Waals surface area contributed by atoms with E-state index in [0.717, 1.165) is 30.4 Å². The number of thiazole rings is 1. The summed E-state index contributed by atoms with van der Waals surface area (Å²) in [6.07, 6.45) is 5.10. The second kappa shape index (κ2) is 9.99. The van der Waals surface area contributed by atoms with E-state index in [4.69, 9.17) is 5.11 Å². The lowest BCUT2D eigenvalue weighted by Gasteiger charge is -2.30. The molecule has 9 heteroatoms. The number of thioether (sulfide) groups is 1. The number of carboxylic acid groups (broad SMARTS) is 1. The van der Waals surface area contributed by atoms with E-state index in [0.29, 0.717) is 18.7 Å². The largest absolute Gasteiger partial charge is 0.476 e. The van der Waals surface area contributed by atoms with Crippen molar-refractivity contribution in [2.75, 3.05) is 25.4 Å². The Morgan fingerprint density at radius 2 is 2.21 bits per heavy atom. The van der Waals surface area contributed by atoms with Gasteiger partial charge in [0.15, 0.2) is 10.0 Å². The van der Waals surface area contributed by atoms with E-state index in [1.807, 2.05) is 17.0 Å². The highest BCUT2D eigenvalue weighted by Gasteiger charge is 2.31. The van der Waals surface area contributed by atoms with E-state index in [9.17, 15) is 9.59 Å². The number of aromatic carboxylic acids is 1. The number of carbonyl (C=O) groups is 2. The lowest BCUT2D eigenvalue weighted by molar-refractivity contribution is -0.128. The molecule has 2 aromatic heterocycles. The average Bonchev–Trinajstić information content (AvgIpc) is 3.30. The van der Waals surface area contributed by atoms with Crippen LogP contribution in [-0.4, -0.2) is 68.2 Å². The molecule has 1 fully saturated rings. The standard InChI is InChI=1S/C19H24N4O3S2/c1-2-22(11-14-5-7-20-8-6-14)12-15-3-4-17(24)23(15)9-10-27-19-21-16(13-28-19)18(25)26/h5-8,13,15H,2-4,9-12H2,1H3,(H,25,26). The first-order valence-corrected chi connectivity index (χ1v) is 11.2. The molecule has 1 aliphatic rings. The maximum Gasteiger partial charge on any atom is 0.355 e. The number of likely N-dealkylation sites (N-methyl/N-ethyl adjacent to an activating group) is 1. The molecule has 0 aromatic carbocycles. The third-order valence-corrected chi connectivity index (χ3v) is 6.79. The molecule has 1 amide bonds. The van der Waals surface area contributed by atoms with Crippen molar-refractivity contribution < 1.29 is 14.7 Å². The number of hydrogen-bond acceptors (Lipinski definition) is 7. The van der Waals surface area contributed by atoms with Gasteiger partial charge in [-0.05, 0) is 30.7 Å². The Hall–Kier alpha value is -1.97. The van der Waals surface area contributed by atoms with Crippen molar-refractivity contribution in [1.29, 1.82) is 0 Å². The number of pyridine rings is 1. The van der Waals surface area contributed by atoms with Gasteiger partial charge in [-0.25, -0.2) is 9.78 Å². The Balaban J connectivity index is 1.52. The third kappa shape index (κ3) is 5.52. The van der Waals surface area contributed by atoms with Crippen LogP contribution in [0.2, 0.25) is 0 Å². The van der Waals surface area contributed by atoms with Gasteiger partial charge in [-0.3, -0.25) is 14.7 Å². The molecule has 0 spiro atoms. The van der Waals surface area contributed by atoms with E-state index in [1.54, 1.807) is 17.8 Å². The molecule has 1 N–H and O–H groups in total. The van der Waals surface area contributed by atoms with Gasteiger partial charge in [-0.2, -0.15) is 0 Å². The molecule has 1 saturated heterocycles. The number of hydrogen-bond donors (Lipinski definition) is 1. The predicted octanol–water partition coefficient (Wildman–Crippen LogP) is 2.84. The number of nitrogens with zero attached hydrogens (tertiary/aromatic N) is 4. The van der Waals surface area contributed by atoms with Crippen molar-refractivity contribution in [3.05, 3.63) is 41.2 Å². The molecule has 0 aliphatic carbocycles. The summed E-state index contributed by atoms with van der Waals surface area (Å²) in [5.41, 5.74) is 1.30. The van der Waals surface area contributed by atoms with Crippen molar-refractivity contribution in [2.45, 2.75) is 36.7 Å². The lowest BCUT2D eigenvalue weighted by Crippen LogP contribution is -2.42. The minimum Gasteiger partial charge on any atom is -0.476 e. The summed E-state index contributed by atoms with van der Waals surface area (Å²) in [4.78, 5) is 35.8. The van der Waals surface area contributed by atoms with Crippen molar-refractivity contribution >= 4 is 35.0 Å². The minimum atomic E-state index is -1.01. The predicted molar refractivity (Wildman–Crippen MR) is 110 cm³/mol. The van der Waals surface area contributed by atoms with Crippen LogP contribution in [-0.2, 0) is 11.3 Å². The van der Waals surface area contributed by atoms with Crippen LogP contribution in [0.25, 0.3) is 0 Å². The van der Waals surface area contributed by atoms with Gasteiger partial charge in [0.05, 0.1) is 0 Å². The van der Waals surface area contributed by atoms with Gasteiger partial charge in [0, 0.05) is 55.6 Å². The first-order chi connectivity index (χ1) is 13.6. The van der Waals surface area contributed by atoms with E-state index in [1.165, 1.54) is 28.7 Å². The number of carboxylic acids is 1. The molecule has 1 atom stereocenters. The fourth-order valence-electron chi connectivity index (χ4n) is 3.29. The summed E-state index contributed by atoms with van der Waals surface area (Å²) in [7, 11) is 0. The Labute approximate surface area is 172 Å². The summed E-state index contributed by atoms with van der Waals surface area (Å²) in [6.45, 7) is 5.43. The first-order valence-electron chi connectivity index (χ1n) is 9.29. The molecule has 3 rings (SSSR count). The molecular weight excluding hydrogens is 396 g/mol. The quantitative estimate of drug-likeness (QED) is 0.592. The van der Waals surface area contributed by atoms with Gasteiger partial charge in [0.25, 0.3) is 0 Å². The number of amides is 1. The summed E-state index contributed by atoms with van der Waals surface area (Å²) >= 11 is 2.84. The van der Waals surface area contributed by atoms with Gasteiger partial charge < -0.3 is 10.0 Å². The fourth-order valence-corrected chi connectivity index (χ4v) is 5.10. The number of aromatic nitrogens is 2. The van der Waals surface area contributed by atoms with Gasteiger partial charge >= 0.3 is 5.97 Å². The maximum absolute atomic E-state index is 12.3. The molecule has 28 heavy (non-hydrogen) atoms. The molecule has 0 radical (unpaired) electrons. The molecule has 2 aromatic rings. The maximum atomic E-state index is 12.3. The lowest BCUT2D eigenvalue weighted by atomic mass is 10.2. The van der Waals surface area contributed by atoms with Crippen LogP contribution in [0, 0.1) is 0 Å². The Kier molecular flexibility index (Phi) is 7.41. The zero-order chi connectivity index (χ0) is 19.9. The Morgan fingerprint density at radius 1 is 1.43 bits per heavy atom. The SMILES string of the molecule is CCN(Cc1ccncc1)CC1CCC(=O)N1CCSc1nc(C(=O)O)cs1. The zero-order valence-electron chi connectivity index (χ0n) is 15.8. The molecule has 1 unspecified atom stereocenters. The molecule has 0 saturated carbocycles. The second-order valence-corrected chi connectivity index (χ2v) is 8.82. The smallest absolute Gasteiger partial charge is 0.355 e. The van der Waals surface area contributed by atoms with Crippen LogP contribution in [0.15, 0.2) is 34.2 Å². The molecule has 3 heterocycles. The molecule has 150 valence electrons. The van der Waals surface area contributed by atoms with Crippen LogP contribution < -0.4 is 0 Å². The third-order valence-electron chi connectivity index (χ3n) is 4.78. The van der Waals surface area contributed by atoms with Crippen molar-refractivity contribution in [2.24, 2.45) is 0 Å². The van der Waals surface area contributed by atoms with E-state index >= 15 is 0 Å². The molecule has 7 nitrogen and oxygen atoms in total. The zero-order valence-corrected chi connectivity index (χ0v) is 17.4. The van der Waals surface area contributed by atoms with Gasteiger partial charge in [-0.1, -0.05) is 18.7 Å². The van der Waals surface area contributed by atoms with Crippen LogP contribution in [0.1, 0.15) is 35.8 Å². The topological polar surface area (TPSA) is 86.6 Å². The normalized spacial score (nSPS) is 16.9. The molecule has 1 aliphatic heterocycles. The summed E-state index contributed by atoms with van der Waals surface area (Å²) in [6, 6.07) is 4.27. The Bertz CT molecular complexity index is 799.